The number of guanidine groups is 1. The first-order valence-electron chi connectivity index (χ1n) is 11.5. The van der Waals surface area contributed by atoms with E-state index in [-0.39, 0.29) is 31.2 Å². The average Bonchev–Trinajstić information content (AvgIpc) is 2.78. The van der Waals surface area contributed by atoms with Crippen molar-refractivity contribution in [1.82, 2.24) is 21.4 Å². The zero-order chi connectivity index (χ0) is 26.2. The van der Waals surface area contributed by atoms with Crippen LogP contribution in [-0.4, -0.2) is 65.1 Å². The minimum atomic E-state index is -1.76. The fourth-order valence-electron chi connectivity index (χ4n) is 3.17. The Balaban J connectivity index is 2.62. The normalized spacial score (nSPS) is 12.3. The van der Waals surface area contributed by atoms with Gasteiger partial charge in [0, 0.05) is 13.0 Å². The third-order valence-corrected chi connectivity index (χ3v) is 4.80. The third-order valence-electron chi connectivity index (χ3n) is 4.80. The number of carbonyl (C=O) groups excluding carboxylic acids is 2. The van der Waals surface area contributed by atoms with Crippen LogP contribution in [0, 0.1) is 21.4 Å². The van der Waals surface area contributed by atoms with Crippen LogP contribution in [0.15, 0.2) is 30.3 Å². The Morgan fingerprint density at radius 3 is 2.46 bits per heavy atom. The quantitative estimate of drug-likeness (QED) is 0.0411. The van der Waals surface area contributed by atoms with Gasteiger partial charge >= 0.3 is 7.12 Å². The van der Waals surface area contributed by atoms with Crippen LogP contribution in [0.5, 0.6) is 5.75 Å². The molecule has 2 amide bonds. The highest BCUT2D eigenvalue weighted by Crippen LogP contribution is 2.10. The van der Waals surface area contributed by atoms with E-state index in [9.17, 15) is 29.8 Å². The first-order chi connectivity index (χ1) is 16.6. The molecule has 0 unspecified atom stereocenters. The van der Waals surface area contributed by atoms with Gasteiger partial charge in [-0.3, -0.25) is 15.0 Å². The summed E-state index contributed by atoms with van der Waals surface area (Å²) < 4.78 is 5.56. The van der Waals surface area contributed by atoms with Crippen molar-refractivity contribution >= 4 is 24.9 Å². The maximum absolute atomic E-state index is 12.8. The van der Waals surface area contributed by atoms with Crippen molar-refractivity contribution in [3.8, 4) is 5.75 Å². The molecule has 13 nitrogen and oxygen atoms in total. The van der Waals surface area contributed by atoms with E-state index in [1.54, 1.807) is 17.6 Å². The van der Waals surface area contributed by atoms with Gasteiger partial charge in [0.2, 0.25) is 11.8 Å². The zero-order valence-corrected chi connectivity index (χ0v) is 20.0. The van der Waals surface area contributed by atoms with E-state index in [1.807, 2.05) is 32.0 Å². The number of benzene rings is 1. The van der Waals surface area contributed by atoms with Crippen molar-refractivity contribution in [3.63, 3.8) is 0 Å². The molecule has 35 heavy (non-hydrogen) atoms. The van der Waals surface area contributed by atoms with Crippen LogP contribution in [-0.2, 0) is 9.59 Å². The number of rotatable bonds is 16. The van der Waals surface area contributed by atoms with E-state index < -0.39 is 36.0 Å². The molecule has 0 radical (unpaired) electrons. The van der Waals surface area contributed by atoms with Crippen molar-refractivity contribution < 1.29 is 29.4 Å². The number of amides is 2. The summed E-state index contributed by atoms with van der Waals surface area (Å²) in [6, 6.07) is 8.18. The van der Waals surface area contributed by atoms with E-state index in [0.717, 1.165) is 0 Å². The van der Waals surface area contributed by atoms with Crippen LogP contribution in [0.3, 0.4) is 0 Å². The van der Waals surface area contributed by atoms with Crippen molar-refractivity contribution in [2.24, 2.45) is 5.92 Å². The highest BCUT2D eigenvalue weighted by atomic mass is 16.7. The average molecular weight is 494 g/mol. The lowest BCUT2D eigenvalue weighted by Gasteiger charge is -2.24. The Bertz CT molecular complexity index is 813. The molecule has 0 aliphatic carbocycles. The number of nitro groups is 1. The van der Waals surface area contributed by atoms with Crippen molar-refractivity contribution in [2.75, 3.05) is 13.2 Å². The van der Waals surface area contributed by atoms with Gasteiger partial charge in [-0.05, 0) is 43.7 Å². The fourth-order valence-corrected chi connectivity index (χ4v) is 3.17. The predicted molar refractivity (Wildman–Crippen MR) is 130 cm³/mol. The lowest BCUT2D eigenvalue weighted by Crippen LogP contribution is -2.54. The molecular weight excluding hydrogens is 459 g/mol. The van der Waals surface area contributed by atoms with E-state index in [2.05, 4.69) is 16.0 Å². The summed E-state index contributed by atoms with van der Waals surface area (Å²) in [7, 11) is -1.76. The van der Waals surface area contributed by atoms with Crippen LogP contribution in [0.4, 0.5) is 0 Å². The Hall–Kier alpha value is -3.39. The van der Waals surface area contributed by atoms with Crippen molar-refractivity contribution in [3.05, 3.63) is 40.4 Å². The highest BCUT2D eigenvalue weighted by Gasteiger charge is 2.29. The number of hydrogen-bond donors (Lipinski definition) is 7. The summed E-state index contributed by atoms with van der Waals surface area (Å²) in [5.41, 5.74) is 1.66. The largest absolute Gasteiger partial charge is 0.494 e. The van der Waals surface area contributed by atoms with Gasteiger partial charge in [0.25, 0.3) is 5.96 Å². The van der Waals surface area contributed by atoms with Gasteiger partial charge in [-0.2, -0.15) is 0 Å². The maximum atomic E-state index is 12.8. The van der Waals surface area contributed by atoms with Gasteiger partial charge in [-0.15, -0.1) is 0 Å². The van der Waals surface area contributed by atoms with E-state index in [1.165, 1.54) is 0 Å². The Labute approximate surface area is 204 Å². The van der Waals surface area contributed by atoms with Crippen LogP contribution in [0.1, 0.15) is 46.0 Å². The van der Waals surface area contributed by atoms with Crippen LogP contribution < -0.4 is 26.1 Å². The summed E-state index contributed by atoms with van der Waals surface area (Å²) in [4.78, 5) is 35.6. The number of nitrogens with one attached hydrogen (secondary N) is 5. The second kappa shape index (κ2) is 16.3. The molecule has 0 spiro atoms. The maximum Gasteiger partial charge on any atom is 0.475 e. The van der Waals surface area contributed by atoms with Gasteiger partial charge in [-0.1, -0.05) is 37.5 Å². The molecule has 1 aromatic rings. The van der Waals surface area contributed by atoms with Gasteiger partial charge in [0.05, 0.1) is 12.5 Å². The number of ether oxygens (including phenoxy) is 1. The summed E-state index contributed by atoms with van der Waals surface area (Å²) in [6.07, 6.45) is 1.32. The number of hydrogen-bond acceptors (Lipinski definition) is 8. The van der Waals surface area contributed by atoms with Gasteiger partial charge < -0.3 is 30.7 Å². The fraction of sp³-hybridized carbons (Fsp3) is 0.571. The van der Waals surface area contributed by atoms with Crippen LogP contribution >= 0.6 is 0 Å². The Morgan fingerprint density at radius 1 is 1.17 bits per heavy atom. The Morgan fingerprint density at radius 2 is 1.86 bits per heavy atom. The molecule has 7 N–H and O–H groups in total. The second-order valence-electron chi connectivity index (χ2n) is 8.36. The van der Waals surface area contributed by atoms with Gasteiger partial charge in [0.1, 0.15) is 11.8 Å². The third kappa shape index (κ3) is 13.8. The topological polar surface area (TPSA) is 199 Å². The molecule has 1 aromatic carbocycles. The standard InChI is InChI=1S/C21H35BN6O7/c1-15(2)14-18(22(31)32)26-20(30)17(10-6-12-24-21(23)27-28(33)34)25-19(29)11-7-13-35-16-8-4-3-5-9-16/h3-5,8-9,15,17-18,31-32H,6-7,10-14H2,1-2H3,(H,25,29)(H,26,30)(H3,23,24,27)/t17-,18-/m0/s1. The zero-order valence-electron chi connectivity index (χ0n) is 20.0. The molecule has 0 bridgehead atoms. The number of para-hydroxylation sites is 1. The molecule has 0 aromatic heterocycles. The number of hydrazine groups is 1. The molecule has 1 rings (SSSR count). The molecular formula is C21H35BN6O7. The molecule has 0 aliphatic heterocycles. The molecule has 2 atom stereocenters. The smallest absolute Gasteiger partial charge is 0.475 e. The molecule has 0 fully saturated rings. The predicted octanol–water partition coefficient (Wildman–Crippen LogP) is -0.0408. The van der Waals surface area contributed by atoms with E-state index >= 15 is 0 Å². The summed E-state index contributed by atoms with van der Waals surface area (Å²) >= 11 is 0. The molecule has 0 saturated carbocycles. The summed E-state index contributed by atoms with van der Waals surface area (Å²) in [5.74, 6) is -1.58. The first-order valence-corrected chi connectivity index (χ1v) is 11.5. The number of carbonyl (C=O) groups is 2. The van der Waals surface area contributed by atoms with Crippen LogP contribution in [0.25, 0.3) is 0 Å². The monoisotopic (exact) mass is 494 g/mol. The van der Waals surface area contributed by atoms with Gasteiger partial charge in [-0.25, -0.2) is 10.1 Å². The first kappa shape index (κ1) is 29.6. The minimum absolute atomic E-state index is 0.0871. The SMILES string of the molecule is CC(C)C[C@H](NC(=O)[C@H](CCCNC(=N)N[N+](=O)[O-])NC(=O)CCCOc1ccccc1)B(O)O. The summed E-state index contributed by atoms with van der Waals surface area (Å²) in [5, 5.41) is 43.8. The lowest BCUT2D eigenvalue weighted by molar-refractivity contribution is -0.525. The molecule has 194 valence electrons. The highest BCUT2D eigenvalue weighted by molar-refractivity contribution is 6.43. The van der Waals surface area contributed by atoms with Crippen molar-refractivity contribution in [2.45, 2.75) is 57.9 Å². The lowest BCUT2D eigenvalue weighted by atomic mass is 9.75. The van der Waals surface area contributed by atoms with E-state index in [4.69, 9.17) is 10.1 Å². The molecule has 14 heteroatoms. The molecule has 0 heterocycles. The molecule has 0 saturated heterocycles. The van der Waals surface area contributed by atoms with E-state index in [0.29, 0.717) is 31.6 Å². The second-order valence-corrected chi connectivity index (χ2v) is 8.36. The Kier molecular flexibility index (Phi) is 13.8. The minimum Gasteiger partial charge on any atom is -0.494 e. The van der Waals surface area contributed by atoms with Crippen LogP contribution in [0.2, 0.25) is 0 Å². The number of nitrogens with zero attached hydrogens (tertiary/aromatic N) is 1. The van der Waals surface area contributed by atoms with Crippen molar-refractivity contribution in [1.29, 1.82) is 5.41 Å². The molecule has 0 aliphatic rings. The summed E-state index contributed by atoms with van der Waals surface area (Å²) in [6.45, 7) is 4.20. The van der Waals surface area contributed by atoms with Gasteiger partial charge in [0.15, 0.2) is 5.03 Å².